The summed E-state index contributed by atoms with van der Waals surface area (Å²) in [5.41, 5.74) is 6.61. The second kappa shape index (κ2) is 4.36. The topological polar surface area (TPSA) is 56.7 Å². The summed E-state index contributed by atoms with van der Waals surface area (Å²) >= 11 is 0. The minimum absolute atomic E-state index is 0.0180. The van der Waals surface area contributed by atoms with Crippen molar-refractivity contribution in [1.29, 1.82) is 0 Å². The Balaban J connectivity index is 2.44. The van der Waals surface area contributed by atoms with Gasteiger partial charge in [0.2, 0.25) is 0 Å². The van der Waals surface area contributed by atoms with Gasteiger partial charge in [-0.1, -0.05) is 6.07 Å². The molecule has 2 aromatic heterocycles. The second-order valence-corrected chi connectivity index (χ2v) is 3.16. The summed E-state index contributed by atoms with van der Waals surface area (Å²) < 4.78 is 25.8. The first-order valence-electron chi connectivity index (χ1n) is 4.70. The lowest BCUT2D eigenvalue weighted by Gasteiger charge is -2.02. The third-order valence-corrected chi connectivity index (χ3v) is 2.13. The molecular weight excluding hydrogens is 214 g/mol. The van der Waals surface area contributed by atoms with Crippen LogP contribution in [-0.2, 0) is 6.54 Å². The van der Waals surface area contributed by atoms with Gasteiger partial charge >= 0.3 is 6.55 Å². The van der Waals surface area contributed by atoms with Gasteiger partial charge in [-0.3, -0.25) is 4.98 Å². The molecule has 6 heteroatoms. The summed E-state index contributed by atoms with van der Waals surface area (Å²) in [6.45, 7) is -2.67. The Labute approximate surface area is 90.7 Å². The second-order valence-electron chi connectivity index (χ2n) is 3.16. The average Bonchev–Trinajstić information content (AvgIpc) is 2.74. The summed E-state index contributed by atoms with van der Waals surface area (Å²) in [4.78, 5) is 4.04. The molecule has 84 valence electrons. The molecule has 0 amide bonds. The lowest BCUT2D eigenvalue weighted by atomic mass is 10.2. The molecular formula is C10H10F2N4. The van der Waals surface area contributed by atoms with Crippen LogP contribution >= 0.6 is 0 Å². The van der Waals surface area contributed by atoms with Crippen LogP contribution in [0.2, 0.25) is 0 Å². The van der Waals surface area contributed by atoms with Gasteiger partial charge in [0.15, 0.2) is 0 Å². The van der Waals surface area contributed by atoms with Gasteiger partial charge in [0, 0.05) is 12.7 Å². The predicted molar refractivity (Wildman–Crippen MR) is 54.6 cm³/mol. The molecule has 0 aliphatic heterocycles. The lowest BCUT2D eigenvalue weighted by Crippen LogP contribution is -2.09. The van der Waals surface area contributed by atoms with Gasteiger partial charge in [-0.2, -0.15) is 13.9 Å². The van der Waals surface area contributed by atoms with E-state index in [-0.39, 0.29) is 12.2 Å². The number of halogens is 2. The van der Waals surface area contributed by atoms with Crippen LogP contribution in [0.4, 0.5) is 8.78 Å². The van der Waals surface area contributed by atoms with E-state index in [0.717, 1.165) is 0 Å². The molecule has 0 saturated carbocycles. The van der Waals surface area contributed by atoms with Crippen LogP contribution in [0.15, 0.2) is 30.5 Å². The average molecular weight is 224 g/mol. The fourth-order valence-corrected chi connectivity index (χ4v) is 1.39. The Kier molecular flexibility index (Phi) is 2.91. The summed E-state index contributed by atoms with van der Waals surface area (Å²) in [7, 11) is 0. The van der Waals surface area contributed by atoms with Crippen molar-refractivity contribution in [3.63, 3.8) is 0 Å². The predicted octanol–water partition coefficient (Wildman–Crippen LogP) is 1.80. The van der Waals surface area contributed by atoms with Gasteiger partial charge in [0.25, 0.3) is 0 Å². The normalized spacial score (nSPS) is 11.0. The third kappa shape index (κ3) is 1.92. The van der Waals surface area contributed by atoms with Crippen molar-refractivity contribution in [2.45, 2.75) is 13.1 Å². The van der Waals surface area contributed by atoms with Crippen LogP contribution in [0.1, 0.15) is 12.2 Å². The monoisotopic (exact) mass is 224 g/mol. The number of nitrogens with zero attached hydrogens (tertiary/aromatic N) is 3. The molecule has 0 unspecified atom stereocenters. The van der Waals surface area contributed by atoms with E-state index in [0.29, 0.717) is 16.1 Å². The molecule has 0 aromatic carbocycles. The molecule has 0 atom stereocenters. The summed E-state index contributed by atoms with van der Waals surface area (Å²) in [5, 5.41) is 3.77. The Morgan fingerprint density at radius 3 is 2.62 bits per heavy atom. The number of hydrogen-bond acceptors (Lipinski definition) is 3. The number of aromatic nitrogens is 3. The molecule has 2 aromatic rings. The largest absolute Gasteiger partial charge is 0.333 e. The smallest absolute Gasteiger partial charge is 0.325 e. The van der Waals surface area contributed by atoms with Crippen molar-refractivity contribution in [2.75, 3.05) is 0 Å². The highest BCUT2D eigenvalue weighted by atomic mass is 19.3. The Hall–Kier alpha value is -1.82. The number of rotatable bonds is 3. The van der Waals surface area contributed by atoms with Crippen LogP contribution in [0.25, 0.3) is 11.4 Å². The molecule has 2 heterocycles. The third-order valence-electron chi connectivity index (χ3n) is 2.13. The van der Waals surface area contributed by atoms with Crippen LogP contribution in [0.5, 0.6) is 0 Å². The minimum atomic E-state index is -2.68. The van der Waals surface area contributed by atoms with Gasteiger partial charge in [-0.15, -0.1) is 0 Å². The summed E-state index contributed by atoms with van der Waals surface area (Å²) in [6.07, 6.45) is 1.58. The highest BCUT2D eigenvalue weighted by Crippen LogP contribution is 2.20. The van der Waals surface area contributed by atoms with E-state index in [1.165, 1.54) is 6.07 Å². The summed E-state index contributed by atoms with van der Waals surface area (Å²) in [6, 6.07) is 6.75. The first kappa shape index (κ1) is 10.7. The van der Waals surface area contributed by atoms with E-state index in [9.17, 15) is 8.78 Å². The van der Waals surface area contributed by atoms with Crippen molar-refractivity contribution in [3.8, 4) is 11.4 Å². The van der Waals surface area contributed by atoms with Gasteiger partial charge in [0.05, 0.1) is 11.4 Å². The first-order valence-corrected chi connectivity index (χ1v) is 4.70. The molecule has 2 rings (SSSR count). The Morgan fingerprint density at radius 2 is 2.12 bits per heavy atom. The molecule has 0 aliphatic rings. The molecule has 0 spiro atoms. The molecule has 0 saturated heterocycles. The lowest BCUT2D eigenvalue weighted by molar-refractivity contribution is 0.0537. The molecule has 2 N–H and O–H groups in total. The minimum Gasteiger partial charge on any atom is -0.325 e. The number of nitrogens with two attached hydrogens (primary N) is 1. The molecule has 4 nitrogen and oxygen atoms in total. The van der Waals surface area contributed by atoms with Gasteiger partial charge < -0.3 is 5.73 Å². The van der Waals surface area contributed by atoms with E-state index >= 15 is 0 Å². The van der Waals surface area contributed by atoms with Gasteiger partial charge in [-0.25, -0.2) is 4.68 Å². The Bertz CT molecular complexity index is 467. The standard InChI is InChI=1S/C10H10F2N4/c11-10(12)16-7(6-13)5-9(15-16)8-3-1-2-4-14-8/h1-5,10H,6,13H2. The highest BCUT2D eigenvalue weighted by Gasteiger charge is 2.15. The Morgan fingerprint density at radius 1 is 1.31 bits per heavy atom. The van der Waals surface area contributed by atoms with Crippen LogP contribution < -0.4 is 5.73 Å². The van der Waals surface area contributed by atoms with Crippen molar-refractivity contribution >= 4 is 0 Å². The van der Waals surface area contributed by atoms with Crippen molar-refractivity contribution in [3.05, 3.63) is 36.2 Å². The van der Waals surface area contributed by atoms with E-state index < -0.39 is 6.55 Å². The molecule has 0 aliphatic carbocycles. The molecule has 16 heavy (non-hydrogen) atoms. The van der Waals surface area contributed by atoms with Crippen molar-refractivity contribution in [2.24, 2.45) is 5.73 Å². The number of pyridine rings is 1. The fraction of sp³-hybridized carbons (Fsp3) is 0.200. The van der Waals surface area contributed by atoms with E-state index in [1.807, 2.05) is 0 Å². The van der Waals surface area contributed by atoms with Crippen LogP contribution in [0.3, 0.4) is 0 Å². The van der Waals surface area contributed by atoms with E-state index in [1.54, 1.807) is 24.4 Å². The van der Waals surface area contributed by atoms with Crippen LogP contribution in [-0.4, -0.2) is 14.8 Å². The SMILES string of the molecule is NCc1cc(-c2ccccn2)nn1C(F)F. The van der Waals surface area contributed by atoms with Crippen LogP contribution in [0, 0.1) is 0 Å². The highest BCUT2D eigenvalue weighted by molar-refractivity contribution is 5.53. The molecule has 0 bridgehead atoms. The van der Waals surface area contributed by atoms with Gasteiger partial charge in [-0.05, 0) is 18.2 Å². The van der Waals surface area contributed by atoms with E-state index in [4.69, 9.17) is 5.73 Å². The zero-order chi connectivity index (χ0) is 11.5. The zero-order valence-corrected chi connectivity index (χ0v) is 8.35. The van der Waals surface area contributed by atoms with Gasteiger partial charge in [0.1, 0.15) is 5.69 Å². The zero-order valence-electron chi connectivity index (χ0n) is 8.35. The molecule has 0 radical (unpaired) electrons. The van der Waals surface area contributed by atoms with E-state index in [2.05, 4.69) is 10.1 Å². The first-order chi connectivity index (χ1) is 7.72. The maximum Gasteiger partial charge on any atom is 0.333 e. The number of hydrogen-bond donors (Lipinski definition) is 1. The number of alkyl halides is 2. The van der Waals surface area contributed by atoms with Crippen molar-refractivity contribution < 1.29 is 8.78 Å². The maximum atomic E-state index is 12.6. The molecule has 0 fully saturated rings. The quantitative estimate of drug-likeness (QED) is 0.864. The fourth-order valence-electron chi connectivity index (χ4n) is 1.39. The van der Waals surface area contributed by atoms with Crippen molar-refractivity contribution in [1.82, 2.24) is 14.8 Å². The summed E-state index contributed by atoms with van der Waals surface area (Å²) in [5.74, 6) is 0. The maximum absolute atomic E-state index is 12.6.